The van der Waals surface area contributed by atoms with Gasteiger partial charge in [-0.3, -0.25) is 4.79 Å². The zero-order valence-electron chi connectivity index (χ0n) is 11.8. The molecule has 0 spiro atoms. The minimum Gasteiger partial charge on any atom is -0.496 e. The van der Waals surface area contributed by atoms with Gasteiger partial charge in [-0.1, -0.05) is 6.92 Å². The smallest absolute Gasteiger partial charge is 0.271 e. The molecule has 0 bridgehead atoms. The third-order valence-corrected chi connectivity index (χ3v) is 4.32. The molecule has 2 rings (SSSR count). The van der Waals surface area contributed by atoms with Crippen LogP contribution in [-0.4, -0.2) is 18.7 Å². The number of benzene rings is 1. The molecule has 4 nitrogen and oxygen atoms in total. The van der Waals surface area contributed by atoms with Crippen molar-refractivity contribution in [1.29, 1.82) is 0 Å². The highest BCUT2D eigenvalue weighted by Gasteiger charge is 2.14. The van der Waals surface area contributed by atoms with Crippen molar-refractivity contribution < 1.29 is 9.53 Å². The van der Waals surface area contributed by atoms with E-state index in [0.29, 0.717) is 11.5 Å². The summed E-state index contributed by atoms with van der Waals surface area (Å²) < 4.78 is 6.09. The quantitative estimate of drug-likeness (QED) is 0.638. The molecule has 1 unspecified atom stereocenters. The molecule has 0 aromatic heterocycles. The lowest BCUT2D eigenvalue weighted by Gasteiger charge is -2.18. The summed E-state index contributed by atoms with van der Waals surface area (Å²) in [4.78, 5) is 12.1. The van der Waals surface area contributed by atoms with E-state index in [2.05, 4.69) is 40.0 Å². The van der Waals surface area contributed by atoms with Crippen LogP contribution in [0.4, 0.5) is 0 Å². The minimum atomic E-state index is -0.170. The molecule has 5 heteroatoms. The van der Waals surface area contributed by atoms with Crippen LogP contribution in [0.1, 0.15) is 43.0 Å². The molecule has 1 aromatic rings. The van der Waals surface area contributed by atoms with Crippen molar-refractivity contribution in [2.75, 3.05) is 7.11 Å². The Morgan fingerprint density at radius 2 is 2.30 bits per heavy atom. The van der Waals surface area contributed by atoms with Gasteiger partial charge in [0.1, 0.15) is 5.75 Å². The van der Waals surface area contributed by atoms with E-state index in [-0.39, 0.29) is 5.91 Å². The summed E-state index contributed by atoms with van der Waals surface area (Å²) >= 11 is 2.15. The molecule has 1 N–H and O–H groups in total. The van der Waals surface area contributed by atoms with E-state index in [1.54, 1.807) is 25.3 Å². The molecule has 0 aliphatic heterocycles. The topological polar surface area (TPSA) is 50.7 Å². The summed E-state index contributed by atoms with van der Waals surface area (Å²) in [5.74, 6) is 1.27. The number of rotatable bonds is 3. The summed E-state index contributed by atoms with van der Waals surface area (Å²) in [6.07, 6.45) is 4.39. The summed E-state index contributed by atoms with van der Waals surface area (Å²) in [5.41, 5.74) is 4.36. The lowest BCUT2D eigenvalue weighted by molar-refractivity contribution is 0.0954. The van der Waals surface area contributed by atoms with Gasteiger partial charge in [0.25, 0.3) is 5.91 Å². The zero-order valence-corrected chi connectivity index (χ0v) is 13.9. The van der Waals surface area contributed by atoms with Crippen molar-refractivity contribution in [2.24, 2.45) is 11.0 Å². The number of amides is 1. The van der Waals surface area contributed by atoms with Crippen molar-refractivity contribution >= 4 is 34.2 Å². The van der Waals surface area contributed by atoms with Gasteiger partial charge in [-0.25, -0.2) is 5.43 Å². The standard InChI is InChI=1S/C15H19IN2O2/c1-10-4-3-5-12(8-10)17-18-15(19)11-6-7-14(20-2)13(16)9-11/h6-7,9-10H,3-5,8H2,1-2H3,(H,18,19). The molecule has 1 amide bonds. The average Bonchev–Trinajstić information content (AvgIpc) is 2.44. The fourth-order valence-corrected chi connectivity index (χ4v) is 3.10. The Kier molecular flexibility index (Phi) is 5.39. The van der Waals surface area contributed by atoms with Crippen molar-refractivity contribution in [1.82, 2.24) is 5.43 Å². The maximum Gasteiger partial charge on any atom is 0.271 e. The van der Waals surface area contributed by atoms with Gasteiger partial charge in [-0.05, 0) is 72.4 Å². The van der Waals surface area contributed by atoms with Crippen LogP contribution in [0.3, 0.4) is 0 Å². The third kappa shape index (κ3) is 3.94. The number of hydrazone groups is 1. The van der Waals surface area contributed by atoms with Crippen LogP contribution in [-0.2, 0) is 0 Å². The van der Waals surface area contributed by atoms with E-state index < -0.39 is 0 Å². The van der Waals surface area contributed by atoms with E-state index in [9.17, 15) is 4.79 Å². The Morgan fingerprint density at radius 1 is 1.50 bits per heavy atom. The predicted octanol–water partition coefficient (Wildman–Crippen LogP) is 3.60. The van der Waals surface area contributed by atoms with Crippen molar-refractivity contribution in [3.63, 3.8) is 0 Å². The first-order valence-electron chi connectivity index (χ1n) is 6.79. The summed E-state index contributed by atoms with van der Waals surface area (Å²) in [7, 11) is 1.62. The monoisotopic (exact) mass is 386 g/mol. The lowest BCUT2D eigenvalue weighted by atomic mass is 9.89. The summed E-state index contributed by atoms with van der Waals surface area (Å²) in [6.45, 7) is 2.22. The molecule has 0 saturated heterocycles. The van der Waals surface area contributed by atoms with Gasteiger partial charge in [-0.15, -0.1) is 0 Å². The second kappa shape index (κ2) is 7.06. The zero-order chi connectivity index (χ0) is 14.5. The molecule has 20 heavy (non-hydrogen) atoms. The van der Waals surface area contributed by atoms with Crippen LogP contribution in [0.5, 0.6) is 5.75 Å². The number of ether oxygens (including phenoxy) is 1. The van der Waals surface area contributed by atoms with Gasteiger partial charge in [0.15, 0.2) is 0 Å². The first-order chi connectivity index (χ1) is 9.60. The number of carbonyl (C=O) groups is 1. The predicted molar refractivity (Wildman–Crippen MR) is 88.2 cm³/mol. The number of halogens is 1. The first-order valence-corrected chi connectivity index (χ1v) is 7.87. The Bertz CT molecular complexity index is 529. The van der Waals surface area contributed by atoms with E-state index in [4.69, 9.17) is 4.74 Å². The number of methoxy groups -OCH3 is 1. The first kappa shape index (κ1) is 15.3. The molecule has 1 fully saturated rings. The molecule has 1 aromatic carbocycles. The number of hydrogen-bond acceptors (Lipinski definition) is 3. The maximum absolute atomic E-state index is 12.1. The number of carbonyl (C=O) groups excluding carboxylic acids is 1. The van der Waals surface area contributed by atoms with Crippen LogP contribution < -0.4 is 10.2 Å². The second-order valence-electron chi connectivity index (χ2n) is 5.17. The maximum atomic E-state index is 12.1. The molecule has 1 aliphatic rings. The van der Waals surface area contributed by atoms with Gasteiger partial charge in [-0.2, -0.15) is 5.10 Å². The highest BCUT2D eigenvalue weighted by Crippen LogP contribution is 2.22. The van der Waals surface area contributed by atoms with Gasteiger partial charge in [0.05, 0.1) is 10.7 Å². The Hall–Kier alpha value is -1.11. The SMILES string of the molecule is COc1ccc(C(=O)NN=C2CCCC(C)C2)cc1I. The highest BCUT2D eigenvalue weighted by atomic mass is 127. The van der Waals surface area contributed by atoms with E-state index in [1.807, 2.05) is 0 Å². The van der Waals surface area contributed by atoms with Crippen LogP contribution in [0, 0.1) is 9.49 Å². The van der Waals surface area contributed by atoms with Gasteiger partial charge < -0.3 is 4.74 Å². The lowest BCUT2D eigenvalue weighted by Crippen LogP contribution is -2.22. The number of hydrogen-bond donors (Lipinski definition) is 1. The van der Waals surface area contributed by atoms with E-state index in [0.717, 1.165) is 34.3 Å². The Labute approximate surface area is 133 Å². The van der Waals surface area contributed by atoms with Crippen LogP contribution in [0.25, 0.3) is 0 Å². The number of nitrogens with zero attached hydrogens (tertiary/aromatic N) is 1. The normalized spacial score (nSPS) is 20.8. The van der Waals surface area contributed by atoms with Crippen molar-refractivity contribution in [3.05, 3.63) is 27.3 Å². The summed E-state index contributed by atoms with van der Waals surface area (Å²) in [5, 5.41) is 4.27. The molecule has 108 valence electrons. The van der Waals surface area contributed by atoms with E-state index >= 15 is 0 Å². The molecule has 1 saturated carbocycles. The second-order valence-corrected chi connectivity index (χ2v) is 6.33. The highest BCUT2D eigenvalue weighted by molar-refractivity contribution is 14.1. The van der Waals surface area contributed by atoms with Crippen molar-refractivity contribution in [2.45, 2.75) is 32.6 Å². The average molecular weight is 386 g/mol. The molecule has 1 atom stereocenters. The molecule has 0 radical (unpaired) electrons. The fraction of sp³-hybridized carbons (Fsp3) is 0.467. The van der Waals surface area contributed by atoms with Crippen LogP contribution in [0.2, 0.25) is 0 Å². The Balaban J connectivity index is 2.01. The van der Waals surface area contributed by atoms with Crippen LogP contribution in [0.15, 0.2) is 23.3 Å². The molecular weight excluding hydrogens is 367 g/mol. The fourth-order valence-electron chi connectivity index (χ4n) is 2.36. The summed E-state index contributed by atoms with van der Waals surface area (Å²) in [6, 6.07) is 5.35. The van der Waals surface area contributed by atoms with E-state index in [1.165, 1.54) is 6.42 Å². The molecule has 1 aliphatic carbocycles. The molecular formula is C15H19IN2O2. The Morgan fingerprint density at radius 3 is 2.95 bits per heavy atom. The number of nitrogens with one attached hydrogen (secondary N) is 1. The third-order valence-electron chi connectivity index (χ3n) is 3.48. The molecule has 0 heterocycles. The van der Waals surface area contributed by atoms with Crippen molar-refractivity contribution in [3.8, 4) is 5.75 Å². The van der Waals surface area contributed by atoms with Crippen LogP contribution >= 0.6 is 22.6 Å². The van der Waals surface area contributed by atoms with Gasteiger partial charge in [0, 0.05) is 11.3 Å². The van der Waals surface area contributed by atoms with Gasteiger partial charge in [0.2, 0.25) is 0 Å². The minimum absolute atomic E-state index is 0.170. The van der Waals surface area contributed by atoms with Gasteiger partial charge >= 0.3 is 0 Å². The largest absolute Gasteiger partial charge is 0.496 e.